The van der Waals surface area contributed by atoms with Gasteiger partial charge in [-0.15, -0.1) is 0 Å². The van der Waals surface area contributed by atoms with Crippen LogP contribution in [-0.4, -0.2) is 26.3 Å². The Bertz CT molecular complexity index is 855. The Morgan fingerprint density at radius 3 is 2.52 bits per heavy atom. The normalized spacial score (nSPS) is 10.3. The fourth-order valence-corrected chi connectivity index (χ4v) is 2.26. The summed E-state index contributed by atoms with van der Waals surface area (Å²) in [5.41, 5.74) is 2.14. The lowest BCUT2D eigenvalue weighted by Gasteiger charge is -2.07. The minimum absolute atomic E-state index is 0.118. The van der Waals surface area contributed by atoms with E-state index in [0.717, 1.165) is 11.3 Å². The van der Waals surface area contributed by atoms with Crippen molar-refractivity contribution in [1.82, 2.24) is 19.9 Å². The number of amides is 2. The van der Waals surface area contributed by atoms with Gasteiger partial charge in [-0.1, -0.05) is 12.1 Å². The van der Waals surface area contributed by atoms with Crippen molar-refractivity contribution < 1.29 is 9.59 Å². The van der Waals surface area contributed by atoms with Crippen molar-refractivity contribution >= 4 is 17.5 Å². The molecule has 0 aliphatic heterocycles. The number of hydrogen-bond acceptors (Lipinski definition) is 4. The summed E-state index contributed by atoms with van der Waals surface area (Å²) in [6, 6.07) is 10.8. The highest BCUT2D eigenvalue weighted by Gasteiger charge is 2.07. The Labute approximate surface area is 144 Å². The summed E-state index contributed by atoms with van der Waals surface area (Å²) in [4.78, 5) is 31.4. The Kier molecular flexibility index (Phi) is 4.84. The molecule has 0 spiro atoms. The monoisotopic (exact) mass is 335 g/mol. The number of nitrogens with one attached hydrogen (secondary N) is 2. The highest BCUT2D eigenvalue weighted by Crippen LogP contribution is 2.10. The molecule has 0 saturated heterocycles. The van der Waals surface area contributed by atoms with E-state index in [0.29, 0.717) is 17.9 Å². The second-order valence-corrected chi connectivity index (χ2v) is 5.44. The number of benzene rings is 1. The molecule has 0 aliphatic carbocycles. The quantitative estimate of drug-likeness (QED) is 0.748. The maximum Gasteiger partial charge on any atom is 0.253 e. The number of imidazole rings is 1. The molecule has 7 heteroatoms. The van der Waals surface area contributed by atoms with Crippen LogP contribution in [0.3, 0.4) is 0 Å². The van der Waals surface area contributed by atoms with Gasteiger partial charge in [0.1, 0.15) is 12.1 Å². The van der Waals surface area contributed by atoms with Gasteiger partial charge in [-0.25, -0.2) is 9.97 Å². The van der Waals surface area contributed by atoms with Gasteiger partial charge < -0.3 is 10.6 Å². The predicted molar refractivity (Wildman–Crippen MR) is 93.3 cm³/mol. The minimum atomic E-state index is -0.199. The molecule has 0 fully saturated rings. The molecule has 1 aromatic carbocycles. The fraction of sp³-hybridized carbons (Fsp3) is 0.111. The van der Waals surface area contributed by atoms with E-state index < -0.39 is 0 Å². The van der Waals surface area contributed by atoms with Crippen LogP contribution in [-0.2, 0) is 11.3 Å². The first-order chi connectivity index (χ1) is 12.1. The second-order valence-electron chi connectivity index (χ2n) is 5.44. The molecule has 2 aromatic heterocycles. The van der Waals surface area contributed by atoms with E-state index in [1.54, 1.807) is 47.6 Å². The van der Waals surface area contributed by atoms with Crippen LogP contribution in [0.1, 0.15) is 22.8 Å². The van der Waals surface area contributed by atoms with Crippen LogP contribution in [0.5, 0.6) is 0 Å². The zero-order chi connectivity index (χ0) is 17.6. The molecule has 0 saturated carbocycles. The Morgan fingerprint density at radius 2 is 1.92 bits per heavy atom. The molecule has 3 rings (SSSR count). The summed E-state index contributed by atoms with van der Waals surface area (Å²) in [7, 11) is 0. The lowest BCUT2D eigenvalue weighted by atomic mass is 10.2. The van der Waals surface area contributed by atoms with Gasteiger partial charge in [0.2, 0.25) is 5.91 Å². The molecule has 2 heterocycles. The SMILES string of the molecule is CC(=O)Nc1ccc(CNC(=O)c2ccc(-n3ccnc3)nc2)cc1. The number of rotatable bonds is 5. The van der Waals surface area contributed by atoms with Gasteiger partial charge in [-0.2, -0.15) is 0 Å². The lowest BCUT2D eigenvalue weighted by Crippen LogP contribution is -2.23. The van der Waals surface area contributed by atoms with Crippen molar-refractivity contribution in [2.24, 2.45) is 0 Å². The third-order valence-corrected chi connectivity index (χ3v) is 3.51. The summed E-state index contributed by atoms with van der Waals surface area (Å²) in [6.07, 6.45) is 6.63. The zero-order valence-corrected chi connectivity index (χ0v) is 13.6. The van der Waals surface area contributed by atoms with Gasteiger partial charge in [0, 0.05) is 37.7 Å². The van der Waals surface area contributed by atoms with E-state index in [4.69, 9.17) is 0 Å². The molecule has 0 atom stereocenters. The second kappa shape index (κ2) is 7.39. The average Bonchev–Trinajstić information content (AvgIpc) is 3.15. The van der Waals surface area contributed by atoms with E-state index in [2.05, 4.69) is 20.6 Å². The van der Waals surface area contributed by atoms with Crippen molar-refractivity contribution in [3.8, 4) is 5.82 Å². The van der Waals surface area contributed by atoms with E-state index >= 15 is 0 Å². The molecule has 3 aromatic rings. The fourth-order valence-electron chi connectivity index (χ4n) is 2.26. The Balaban J connectivity index is 1.58. The van der Waals surface area contributed by atoms with Crippen molar-refractivity contribution in [2.45, 2.75) is 13.5 Å². The molecular formula is C18H17N5O2. The molecule has 2 amide bonds. The van der Waals surface area contributed by atoms with Crippen LogP contribution in [0.15, 0.2) is 61.3 Å². The Morgan fingerprint density at radius 1 is 1.12 bits per heavy atom. The van der Waals surface area contributed by atoms with Gasteiger partial charge in [0.15, 0.2) is 0 Å². The Hall–Kier alpha value is -3.48. The van der Waals surface area contributed by atoms with Crippen LogP contribution in [0.2, 0.25) is 0 Å². The first-order valence-corrected chi connectivity index (χ1v) is 7.71. The molecule has 7 nitrogen and oxygen atoms in total. The summed E-state index contributed by atoms with van der Waals surface area (Å²) in [5.74, 6) is 0.380. The number of nitrogens with zero attached hydrogens (tertiary/aromatic N) is 3. The molecule has 0 unspecified atom stereocenters. The summed E-state index contributed by atoms with van der Waals surface area (Å²) in [6.45, 7) is 1.85. The van der Waals surface area contributed by atoms with Crippen LogP contribution in [0.4, 0.5) is 5.69 Å². The molecular weight excluding hydrogens is 318 g/mol. The van der Waals surface area contributed by atoms with Crippen LogP contribution >= 0.6 is 0 Å². The molecule has 0 radical (unpaired) electrons. The first kappa shape index (κ1) is 16.4. The van der Waals surface area contributed by atoms with Crippen molar-refractivity contribution in [1.29, 1.82) is 0 Å². The number of carbonyl (C=O) groups is 2. The molecule has 0 bridgehead atoms. The number of hydrogen-bond donors (Lipinski definition) is 2. The highest BCUT2D eigenvalue weighted by atomic mass is 16.2. The first-order valence-electron chi connectivity index (χ1n) is 7.71. The van der Waals surface area contributed by atoms with Crippen LogP contribution < -0.4 is 10.6 Å². The van der Waals surface area contributed by atoms with Crippen molar-refractivity contribution in [2.75, 3.05) is 5.32 Å². The number of aromatic nitrogens is 3. The van der Waals surface area contributed by atoms with Crippen molar-refractivity contribution in [3.63, 3.8) is 0 Å². The smallest absolute Gasteiger partial charge is 0.253 e. The third kappa shape index (κ3) is 4.29. The van der Waals surface area contributed by atoms with E-state index in [9.17, 15) is 9.59 Å². The van der Waals surface area contributed by atoms with Crippen LogP contribution in [0.25, 0.3) is 5.82 Å². The van der Waals surface area contributed by atoms with Gasteiger partial charge in [-0.05, 0) is 29.8 Å². The number of pyridine rings is 1. The predicted octanol–water partition coefficient (Wildman–Crippen LogP) is 2.16. The molecule has 25 heavy (non-hydrogen) atoms. The van der Waals surface area contributed by atoms with Gasteiger partial charge in [0.05, 0.1) is 5.56 Å². The summed E-state index contributed by atoms with van der Waals surface area (Å²) >= 11 is 0. The van der Waals surface area contributed by atoms with Crippen LogP contribution in [0, 0.1) is 0 Å². The highest BCUT2D eigenvalue weighted by molar-refractivity contribution is 5.94. The molecule has 126 valence electrons. The van der Waals surface area contributed by atoms with Gasteiger partial charge in [-0.3, -0.25) is 14.2 Å². The molecule has 0 aliphatic rings. The van der Waals surface area contributed by atoms with E-state index in [-0.39, 0.29) is 11.8 Å². The largest absolute Gasteiger partial charge is 0.348 e. The summed E-state index contributed by atoms with van der Waals surface area (Å²) < 4.78 is 1.76. The maximum absolute atomic E-state index is 12.2. The van der Waals surface area contributed by atoms with E-state index in [1.807, 2.05) is 12.1 Å². The standard InChI is InChI=1S/C18H17N5O2/c1-13(24)22-16-5-2-14(3-6-16)10-21-18(25)15-4-7-17(20-11-15)23-9-8-19-12-23/h2-9,11-12H,10H2,1H3,(H,21,25)(H,22,24). The van der Waals surface area contributed by atoms with Gasteiger partial charge in [0.25, 0.3) is 5.91 Å². The number of carbonyl (C=O) groups excluding carboxylic acids is 2. The third-order valence-electron chi connectivity index (χ3n) is 3.51. The maximum atomic E-state index is 12.2. The molecule has 2 N–H and O–H groups in total. The van der Waals surface area contributed by atoms with Crippen molar-refractivity contribution in [3.05, 3.63) is 72.4 Å². The minimum Gasteiger partial charge on any atom is -0.348 e. The number of anilines is 1. The average molecular weight is 335 g/mol. The lowest BCUT2D eigenvalue weighted by molar-refractivity contribution is -0.114. The topological polar surface area (TPSA) is 88.9 Å². The summed E-state index contributed by atoms with van der Waals surface area (Å²) in [5, 5.41) is 5.54. The zero-order valence-electron chi connectivity index (χ0n) is 13.6. The van der Waals surface area contributed by atoms with Gasteiger partial charge >= 0.3 is 0 Å². The van der Waals surface area contributed by atoms with E-state index in [1.165, 1.54) is 13.1 Å².